The van der Waals surface area contributed by atoms with Gasteiger partial charge in [-0.25, -0.2) is 0 Å². The first-order valence-corrected chi connectivity index (χ1v) is 6.61. The van der Waals surface area contributed by atoms with E-state index in [-0.39, 0.29) is 12.0 Å². The maximum absolute atomic E-state index is 5.89. The minimum absolute atomic E-state index is 0.105. The number of nitrogens with one attached hydrogen (secondary N) is 1. The summed E-state index contributed by atoms with van der Waals surface area (Å²) in [5.74, 6) is 0.977. The van der Waals surface area contributed by atoms with Crippen molar-refractivity contribution in [1.82, 2.24) is 10.1 Å². The average Bonchev–Trinajstić information content (AvgIpc) is 2.86. The highest BCUT2D eigenvalue weighted by atomic mass is 35.5. The van der Waals surface area contributed by atoms with Crippen molar-refractivity contribution in [1.29, 1.82) is 0 Å². The van der Waals surface area contributed by atoms with E-state index in [1.807, 2.05) is 32.9 Å². The molecule has 17 heavy (non-hydrogen) atoms. The van der Waals surface area contributed by atoms with E-state index in [9.17, 15) is 0 Å². The van der Waals surface area contributed by atoms with Gasteiger partial charge >= 0.3 is 6.01 Å². The predicted octanol–water partition coefficient (Wildman–Crippen LogP) is 4.08. The highest BCUT2D eigenvalue weighted by molar-refractivity contribution is 7.16. The molecule has 0 radical (unpaired) electrons. The third-order valence-corrected chi connectivity index (χ3v) is 3.73. The average molecular weight is 272 g/mol. The molecule has 2 heterocycles. The second kappa shape index (κ2) is 5.06. The maximum atomic E-state index is 5.89. The van der Waals surface area contributed by atoms with E-state index in [0.29, 0.717) is 11.8 Å². The van der Waals surface area contributed by atoms with Crippen LogP contribution >= 0.6 is 22.9 Å². The van der Waals surface area contributed by atoms with Gasteiger partial charge in [-0.2, -0.15) is 4.98 Å². The number of nitrogens with zero attached hydrogens (tertiary/aromatic N) is 2. The van der Waals surface area contributed by atoms with Crippen molar-refractivity contribution in [2.45, 2.75) is 32.7 Å². The van der Waals surface area contributed by atoms with Gasteiger partial charge in [0, 0.05) is 10.8 Å². The second-order valence-corrected chi connectivity index (χ2v) is 5.87. The van der Waals surface area contributed by atoms with Crippen LogP contribution in [0.2, 0.25) is 4.34 Å². The van der Waals surface area contributed by atoms with Gasteiger partial charge in [0.2, 0.25) is 0 Å². The topological polar surface area (TPSA) is 51.0 Å². The minimum atomic E-state index is 0.105. The number of halogens is 1. The minimum Gasteiger partial charge on any atom is -0.330 e. The van der Waals surface area contributed by atoms with Crippen molar-refractivity contribution < 1.29 is 4.52 Å². The molecule has 1 unspecified atom stereocenters. The van der Waals surface area contributed by atoms with Crippen LogP contribution in [0.3, 0.4) is 0 Å². The molecule has 4 nitrogen and oxygen atoms in total. The van der Waals surface area contributed by atoms with Gasteiger partial charge in [0.15, 0.2) is 5.82 Å². The lowest BCUT2D eigenvalue weighted by Crippen LogP contribution is -2.05. The summed E-state index contributed by atoms with van der Waals surface area (Å²) in [6.45, 7) is 6.08. The number of thiophene rings is 1. The molecule has 1 atom stereocenters. The Hall–Kier alpha value is -1.07. The molecule has 0 bridgehead atoms. The van der Waals surface area contributed by atoms with Gasteiger partial charge in [0.25, 0.3) is 0 Å². The zero-order valence-corrected chi connectivity index (χ0v) is 11.5. The molecular formula is C11H14ClN3OS. The lowest BCUT2D eigenvalue weighted by molar-refractivity contribution is 0.417. The van der Waals surface area contributed by atoms with Crippen LogP contribution in [0.25, 0.3) is 0 Å². The van der Waals surface area contributed by atoms with Crippen molar-refractivity contribution >= 4 is 29.0 Å². The summed E-state index contributed by atoms with van der Waals surface area (Å²) in [4.78, 5) is 5.40. The van der Waals surface area contributed by atoms with Crippen LogP contribution < -0.4 is 5.32 Å². The first-order chi connectivity index (χ1) is 8.06. The van der Waals surface area contributed by atoms with Crippen LogP contribution in [0.5, 0.6) is 0 Å². The Kier molecular flexibility index (Phi) is 3.69. The number of hydrogen-bond acceptors (Lipinski definition) is 5. The second-order valence-electron chi connectivity index (χ2n) is 4.12. The molecule has 0 spiro atoms. The summed E-state index contributed by atoms with van der Waals surface area (Å²) in [6, 6.07) is 4.43. The quantitative estimate of drug-likeness (QED) is 0.910. The largest absolute Gasteiger partial charge is 0.330 e. The fourth-order valence-corrected chi connectivity index (χ4v) is 2.41. The van der Waals surface area contributed by atoms with Crippen LogP contribution in [0.1, 0.15) is 43.4 Å². The zero-order valence-electron chi connectivity index (χ0n) is 9.90. The van der Waals surface area contributed by atoms with E-state index in [1.165, 1.54) is 0 Å². The van der Waals surface area contributed by atoms with Gasteiger partial charge in [0.1, 0.15) is 0 Å². The molecule has 0 aliphatic carbocycles. The number of aromatic nitrogens is 2. The summed E-state index contributed by atoms with van der Waals surface area (Å²) < 4.78 is 5.90. The maximum Gasteiger partial charge on any atom is 0.321 e. The monoisotopic (exact) mass is 271 g/mol. The van der Waals surface area contributed by atoms with Gasteiger partial charge < -0.3 is 9.84 Å². The first-order valence-electron chi connectivity index (χ1n) is 5.41. The molecule has 2 aromatic heterocycles. The summed E-state index contributed by atoms with van der Waals surface area (Å²) in [5.41, 5.74) is 0. The third kappa shape index (κ3) is 2.98. The molecule has 0 aromatic carbocycles. The number of hydrogen-bond donors (Lipinski definition) is 1. The molecule has 6 heteroatoms. The van der Waals surface area contributed by atoms with Crippen molar-refractivity contribution in [3.8, 4) is 0 Å². The van der Waals surface area contributed by atoms with Crippen LogP contribution in [0.15, 0.2) is 16.7 Å². The van der Waals surface area contributed by atoms with Crippen molar-refractivity contribution in [3.63, 3.8) is 0 Å². The molecule has 0 saturated heterocycles. The van der Waals surface area contributed by atoms with Crippen LogP contribution in [0.4, 0.5) is 6.01 Å². The Morgan fingerprint density at radius 1 is 1.35 bits per heavy atom. The summed E-state index contributed by atoms with van der Waals surface area (Å²) >= 11 is 7.43. The highest BCUT2D eigenvalue weighted by Gasteiger charge is 2.13. The van der Waals surface area contributed by atoms with Crippen LogP contribution in [-0.2, 0) is 0 Å². The van der Waals surface area contributed by atoms with Crippen LogP contribution in [0, 0.1) is 0 Å². The van der Waals surface area contributed by atoms with Gasteiger partial charge in [-0.3, -0.25) is 0 Å². The van der Waals surface area contributed by atoms with E-state index in [4.69, 9.17) is 16.1 Å². The number of anilines is 1. The predicted molar refractivity (Wildman–Crippen MR) is 69.8 cm³/mol. The normalized spacial score (nSPS) is 13.0. The molecule has 0 amide bonds. The lowest BCUT2D eigenvalue weighted by Gasteiger charge is -2.08. The Morgan fingerprint density at radius 2 is 2.12 bits per heavy atom. The van der Waals surface area contributed by atoms with Crippen molar-refractivity contribution in [3.05, 3.63) is 27.2 Å². The highest BCUT2D eigenvalue weighted by Crippen LogP contribution is 2.28. The van der Waals surface area contributed by atoms with Crippen molar-refractivity contribution in [2.75, 3.05) is 5.32 Å². The summed E-state index contributed by atoms with van der Waals surface area (Å²) in [7, 11) is 0. The summed E-state index contributed by atoms with van der Waals surface area (Å²) in [5, 5.41) is 7.05. The van der Waals surface area contributed by atoms with Gasteiger partial charge in [-0.05, 0) is 19.1 Å². The fourth-order valence-electron chi connectivity index (χ4n) is 1.35. The summed E-state index contributed by atoms with van der Waals surface area (Å²) in [6.07, 6.45) is 0. The fraction of sp³-hybridized carbons (Fsp3) is 0.455. The molecule has 2 aromatic rings. The van der Waals surface area contributed by atoms with E-state index < -0.39 is 0 Å². The number of rotatable bonds is 4. The van der Waals surface area contributed by atoms with E-state index in [2.05, 4.69) is 15.5 Å². The molecule has 92 valence electrons. The van der Waals surface area contributed by atoms with Crippen molar-refractivity contribution in [2.24, 2.45) is 0 Å². The molecule has 0 fully saturated rings. The first kappa shape index (κ1) is 12.4. The Balaban J connectivity index is 2.05. The Labute approximate surface area is 109 Å². The Morgan fingerprint density at radius 3 is 2.65 bits per heavy atom. The van der Waals surface area contributed by atoms with E-state index in [0.717, 1.165) is 9.21 Å². The van der Waals surface area contributed by atoms with Gasteiger partial charge in [0.05, 0.1) is 10.4 Å². The molecule has 0 saturated carbocycles. The molecule has 2 rings (SSSR count). The lowest BCUT2D eigenvalue weighted by atomic mass is 10.2. The molecule has 0 aliphatic heterocycles. The molecular weight excluding hydrogens is 258 g/mol. The van der Waals surface area contributed by atoms with Crippen LogP contribution in [-0.4, -0.2) is 10.1 Å². The molecule has 1 N–H and O–H groups in total. The van der Waals surface area contributed by atoms with E-state index >= 15 is 0 Å². The smallest absolute Gasteiger partial charge is 0.321 e. The Bertz CT molecular complexity index is 494. The third-order valence-electron chi connectivity index (χ3n) is 2.32. The SMILES string of the molecule is CC(C)c1noc(NC(C)c2ccc(Cl)s2)n1. The van der Waals surface area contributed by atoms with Gasteiger partial charge in [-0.15, -0.1) is 11.3 Å². The molecule has 0 aliphatic rings. The standard InChI is InChI=1S/C11H14ClN3OS/c1-6(2)10-14-11(16-15-10)13-7(3)8-4-5-9(12)17-8/h4-7H,1-3H3,(H,13,14,15). The van der Waals surface area contributed by atoms with Gasteiger partial charge in [-0.1, -0.05) is 30.6 Å². The van der Waals surface area contributed by atoms with E-state index in [1.54, 1.807) is 11.3 Å². The zero-order chi connectivity index (χ0) is 12.4.